The molecule has 172 valence electrons. The number of rotatable bonds is 13. The van der Waals surface area contributed by atoms with E-state index in [9.17, 15) is 0 Å². The fourth-order valence-electron chi connectivity index (χ4n) is 3.68. The van der Waals surface area contributed by atoms with E-state index in [1.165, 1.54) is 0 Å². The Labute approximate surface area is 188 Å². The molecule has 0 aliphatic heterocycles. The molecule has 5 nitrogen and oxygen atoms in total. The molecular formula is C26H40N2O3. The Morgan fingerprint density at radius 1 is 0.806 bits per heavy atom. The van der Waals surface area contributed by atoms with Gasteiger partial charge >= 0.3 is 0 Å². The van der Waals surface area contributed by atoms with Gasteiger partial charge < -0.3 is 24.0 Å². The van der Waals surface area contributed by atoms with E-state index in [2.05, 4.69) is 73.0 Å². The van der Waals surface area contributed by atoms with E-state index in [4.69, 9.17) is 14.2 Å². The molecule has 0 aliphatic rings. The maximum absolute atomic E-state index is 6.52. The average Bonchev–Trinajstić information content (AvgIpc) is 2.78. The van der Waals surface area contributed by atoms with Gasteiger partial charge in [-0.25, -0.2) is 0 Å². The normalized spacial score (nSPS) is 13.0. The molecule has 0 saturated carbocycles. The monoisotopic (exact) mass is 428 g/mol. The summed E-state index contributed by atoms with van der Waals surface area (Å²) >= 11 is 0. The van der Waals surface area contributed by atoms with Crippen LogP contribution in [0.25, 0.3) is 0 Å². The van der Waals surface area contributed by atoms with Crippen molar-refractivity contribution >= 4 is 11.4 Å². The van der Waals surface area contributed by atoms with Crippen LogP contribution in [0.15, 0.2) is 42.5 Å². The number of ether oxygens (including phenoxy) is 3. The third-order valence-electron chi connectivity index (χ3n) is 5.39. The molecule has 2 atom stereocenters. The lowest BCUT2D eigenvalue weighted by Crippen LogP contribution is -2.23. The minimum atomic E-state index is -0.278. The lowest BCUT2D eigenvalue weighted by molar-refractivity contribution is -0.161. The van der Waals surface area contributed by atoms with E-state index < -0.39 is 0 Å². The molecule has 0 heterocycles. The van der Waals surface area contributed by atoms with Gasteiger partial charge in [-0.3, -0.25) is 0 Å². The fraction of sp³-hybridized carbons (Fsp3) is 0.538. The fourth-order valence-corrected chi connectivity index (χ4v) is 3.68. The summed E-state index contributed by atoms with van der Waals surface area (Å²) in [6.45, 7) is 13.6. The molecule has 2 aromatic rings. The van der Waals surface area contributed by atoms with Gasteiger partial charge in [-0.05, 0) is 57.9 Å². The molecule has 0 saturated heterocycles. The van der Waals surface area contributed by atoms with Crippen molar-refractivity contribution in [1.29, 1.82) is 0 Å². The maximum Gasteiger partial charge on any atom is 0.158 e. The summed E-state index contributed by atoms with van der Waals surface area (Å²) in [5.41, 5.74) is 4.42. The Kier molecular flexibility index (Phi) is 10.2. The largest absolute Gasteiger partial charge is 0.493 e. The van der Waals surface area contributed by atoms with Gasteiger partial charge in [0.05, 0.1) is 6.61 Å². The van der Waals surface area contributed by atoms with Crippen LogP contribution in [0.1, 0.15) is 58.3 Å². The third kappa shape index (κ3) is 6.62. The van der Waals surface area contributed by atoms with E-state index >= 15 is 0 Å². The van der Waals surface area contributed by atoms with Gasteiger partial charge in [0.25, 0.3) is 0 Å². The quantitative estimate of drug-likeness (QED) is 0.372. The predicted octanol–water partition coefficient (Wildman–Crippen LogP) is 5.88. The van der Waals surface area contributed by atoms with E-state index in [1.807, 2.05) is 27.9 Å². The molecule has 0 amide bonds. The number of hydrogen-bond acceptors (Lipinski definition) is 5. The molecular weight excluding hydrogens is 388 g/mol. The summed E-state index contributed by atoms with van der Waals surface area (Å²) in [5.74, 6) is 0.861. The molecule has 5 heteroatoms. The third-order valence-corrected chi connectivity index (χ3v) is 5.39. The molecule has 0 fully saturated rings. The van der Waals surface area contributed by atoms with Crippen LogP contribution in [-0.4, -0.2) is 46.7 Å². The molecule has 2 rings (SSSR count). The van der Waals surface area contributed by atoms with Crippen LogP contribution in [0, 0.1) is 0 Å². The lowest BCUT2D eigenvalue weighted by atomic mass is 9.99. The Morgan fingerprint density at radius 3 is 1.97 bits per heavy atom. The summed E-state index contributed by atoms with van der Waals surface area (Å²) in [5, 5.41) is 0. The van der Waals surface area contributed by atoms with Crippen LogP contribution >= 0.6 is 0 Å². The van der Waals surface area contributed by atoms with Gasteiger partial charge in [0.15, 0.2) is 6.29 Å². The van der Waals surface area contributed by atoms with Crippen molar-refractivity contribution in [3.05, 3.63) is 53.6 Å². The standard InChI is InChI=1S/C26H40N2O3/c1-8-25(30-12-5)31-26(20-13-15-21(16-14-20)27(6)7)23-18-17-22(28(9-2)10-3)19-24(23)29-11-4/h13-19,25-26H,8-12H2,1-7H3. The number of hydrogen-bond donors (Lipinski definition) is 0. The van der Waals surface area contributed by atoms with Crippen molar-refractivity contribution in [3.8, 4) is 5.75 Å². The van der Waals surface area contributed by atoms with Crippen molar-refractivity contribution in [2.75, 3.05) is 50.2 Å². The molecule has 0 spiro atoms. The second-order valence-electron chi connectivity index (χ2n) is 7.62. The van der Waals surface area contributed by atoms with E-state index in [-0.39, 0.29) is 12.4 Å². The number of anilines is 2. The first kappa shape index (κ1) is 25.0. The Bertz CT molecular complexity index is 773. The highest BCUT2D eigenvalue weighted by Gasteiger charge is 2.24. The summed E-state index contributed by atoms with van der Waals surface area (Å²) < 4.78 is 18.5. The first-order valence-electron chi connectivity index (χ1n) is 11.5. The van der Waals surface area contributed by atoms with Crippen LogP contribution in [0.5, 0.6) is 5.75 Å². The highest BCUT2D eigenvalue weighted by molar-refractivity contribution is 5.56. The number of benzene rings is 2. The molecule has 2 unspecified atom stereocenters. The molecule has 2 aromatic carbocycles. The zero-order chi connectivity index (χ0) is 22.8. The van der Waals surface area contributed by atoms with Crippen LogP contribution in [0.3, 0.4) is 0 Å². The Balaban J connectivity index is 2.53. The highest BCUT2D eigenvalue weighted by Crippen LogP contribution is 2.37. The van der Waals surface area contributed by atoms with Gasteiger partial charge in [-0.2, -0.15) is 0 Å². The van der Waals surface area contributed by atoms with E-state index in [0.717, 1.165) is 47.8 Å². The van der Waals surface area contributed by atoms with E-state index in [1.54, 1.807) is 0 Å². The Morgan fingerprint density at radius 2 is 1.45 bits per heavy atom. The highest BCUT2D eigenvalue weighted by atomic mass is 16.7. The smallest absolute Gasteiger partial charge is 0.158 e. The van der Waals surface area contributed by atoms with Crippen LogP contribution in [0.4, 0.5) is 11.4 Å². The van der Waals surface area contributed by atoms with Gasteiger partial charge in [-0.15, -0.1) is 0 Å². The summed E-state index contributed by atoms with van der Waals surface area (Å²) in [7, 11) is 4.09. The van der Waals surface area contributed by atoms with Crippen molar-refractivity contribution in [2.24, 2.45) is 0 Å². The van der Waals surface area contributed by atoms with Gasteiger partial charge in [0.2, 0.25) is 0 Å². The topological polar surface area (TPSA) is 34.2 Å². The second-order valence-corrected chi connectivity index (χ2v) is 7.62. The van der Waals surface area contributed by atoms with Crippen molar-refractivity contribution < 1.29 is 14.2 Å². The van der Waals surface area contributed by atoms with E-state index in [0.29, 0.717) is 13.2 Å². The van der Waals surface area contributed by atoms with Gasteiger partial charge in [0, 0.05) is 56.8 Å². The zero-order valence-electron chi connectivity index (χ0n) is 20.4. The molecule has 0 N–H and O–H groups in total. The Hall–Kier alpha value is -2.24. The minimum absolute atomic E-state index is 0.277. The summed E-state index contributed by atoms with van der Waals surface area (Å²) in [4.78, 5) is 4.42. The minimum Gasteiger partial charge on any atom is -0.493 e. The molecule has 31 heavy (non-hydrogen) atoms. The maximum atomic E-state index is 6.52. The lowest BCUT2D eigenvalue weighted by Gasteiger charge is -2.28. The molecule has 0 aliphatic carbocycles. The predicted molar refractivity (Wildman–Crippen MR) is 131 cm³/mol. The first-order valence-corrected chi connectivity index (χ1v) is 11.5. The van der Waals surface area contributed by atoms with Crippen molar-refractivity contribution in [1.82, 2.24) is 0 Å². The van der Waals surface area contributed by atoms with Crippen LogP contribution in [0.2, 0.25) is 0 Å². The van der Waals surface area contributed by atoms with Gasteiger partial charge in [-0.1, -0.05) is 25.1 Å². The van der Waals surface area contributed by atoms with Crippen molar-refractivity contribution in [3.63, 3.8) is 0 Å². The SMILES string of the molecule is CCOc1cc(N(CC)CC)ccc1C(OC(CC)OCC)c1ccc(N(C)C)cc1. The zero-order valence-corrected chi connectivity index (χ0v) is 20.4. The second kappa shape index (κ2) is 12.6. The van der Waals surface area contributed by atoms with Crippen LogP contribution in [-0.2, 0) is 9.47 Å². The first-order chi connectivity index (χ1) is 15.0. The summed E-state index contributed by atoms with van der Waals surface area (Å²) in [6, 6.07) is 15.0. The van der Waals surface area contributed by atoms with Crippen molar-refractivity contribution in [2.45, 2.75) is 53.4 Å². The number of nitrogens with zero attached hydrogens (tertiary/aromatic N) is 2. The molecule has 0 radical (unpaired) electrons. The molecule has 0 aromatic heterocycles. The van der Waals surface area contributed by atoms with Gasteiger partial charge in [0.1, 0.15) is 11.9 Å². The molecule has 0 bridgehead atoms. The summed E-state index contributed by atoms with van der Waals surface area (Å²) in [6.07, 6.45) is 0.224. The van der Waals surface area contributed by atoms with Crippen LogP contribution < -0.4 is 14.5 Å². The average molecular weight is 429 g/mol.